The van der Waals surface area contributed by atoms with Crippen LogP contribution in [0, 0.1) is 29.3 Å². The van der Waals surface area contributed by atoms with Gasteiger partial charge in [-0.2, -0.15) is 26.7 Å². The molecule has 460 valence electrons. The molecule has 0 saturated carbocycles. The van der Waals surface area contributed by atoms with Gasteiger partial charge < -0.3 is 69.1 Å². The number of ether oxygens (including phenoxy) is 4. The van der Waals surface area contributed by atoms with Crippen LogP contribution in [0.5, 0.6) is 0 Å². The lowest BCUT2D eigenvalue weighted by molar-refractivity contribution is -0.143. The van der Waals surface area contributed by atoms with E-state index >= 15 is 0 Å². The van der Waals surface area contributed by atoms with Crippen molar-refractivity contribution < 1.29 is 51.0 Å². The van der Waals surface area contributed by atoms with E-state index in [0.717, 1.165) is 135 Å². The van der Waals surface area contributed by atoms with E-state index < -0.39 is 42.9 Å². The summed E-state index contributed by atoms with van der Waals surface area (Å²) in [6, 6.07) is 19.6. The van der Waals surface area contributed by atoms with E-state index in [9.17, 15) is 22.8 Å². The third-order valence-corrected chi connectivity index (χ3v) is 17.5. The molecule has 0 bridgehead atoms. The van der Waals surface area contributed by atoms with Crippen molar-refractivity contribution in [2.24, 2.45) is 11.8 Å². The van der Waals surface area contributed by atoms with Crippen LogP contribution in [0.2, 0.25) is 0 Å². The van der Waals surface area contributed by atoms with Crippen molar-refractivity contribution in [2.75, 3.05) is 136 Å². The van der Waals surface area contributed by atoms with Crippen LogP contribution >= 0.6 is 36.1 Å². The molecule has 2 aromatic heterocycles. The molecule has 4 amide bonds. The molecule has 9 heterocycles. The monoisotopic (exact) mass is 1300 g/mol. The highest BCUT2D eigenvalue weighted by molar-refractivity contribution is 14.1. The van der Waals surface area contributed by atoms with Crippen LogP contribution in [0.1, 0.15) is 85.3 Å². The number of aromatic nitrogens is 2. The zero-order chi connectivity index (χ0) is 59.3. The lowest BCUT2D eigenvalue weighted by Gasteiger charge is -2.39. The lowest BCUT2D eigenvalue weighted by atomic mass is 9.76. The van der Waals surface area contributed by atoms with Gasteiger partial charge in [-0.3, -0.25) is 0 Å². The summed E-state index contributed by atoms with van der Waals surface area (Å²) in [5.74, 6) is 3.80. The van der Waals surface area contributed by atoms with E-state index in [4.69, 9.17) is 38.2 Å². The van der Waals surface area contributed by atoms with Gasteiger partial charge in [0, 0.05) is 73.7 Å². The summed E-state index contributed by atoms with van der Waals surface area (Å²) in [6.45, 7) is 29.8. The third-order valence-electron chi connectivity index (χ3n) is 16.9. The standard InChI is InChI=1S/C27H37N5O3.C20H28BF3N2O3.C13H18IN3O2.H2S/c1-4-20-7-8-32(16-20)26(33)28-22-6-5-19(2)23(15-22)21-13-24(30-27(3)17-35-18-27)29-25(14-21)31-9-11-34-12-10-31;1-13-6-7-15(10-16(13)21-28-18(2,3)19(4,5)29-21)25-17(27)26-9-8-14(12-26)11-20(22,23)24;1-13(8-19-9-13)16-11-6-10(14)7-12(15-11)17-2-4-18-5-3-17;/h5-6,13-15,20H,4,7-12,16-18H2,1-3H3,(H,28,33)(H,29,30);6-7,10,14H,8-9,11-12H2,1-5H3,(H,25,27);6-7H,2-5,8-9H2,1H3,(H,15,16);1H2/t20-;14-;;/m10../s1. The van der Waals surface area contributed by atoms with Crippen molar-refractivity contribution in [3.05, 3.63) is 75.4 Å². The van der Waals surface area contributed by atoms with Crippen LogP contribution in [0.3, 0.4) is 0 Å². The molecule has 4 aromatic rings. The van der Waals surface area contributed by atoms with E-state index in [1.54, 1.807) is 12.1 Å². The summed E-state index contributed by atoms with van der Waals surface area (Å²) in [4.78, 5) is 43.0. The predicted octanol–water partition coefficient (Wildman–Crippen LogP) is 10.3. The van der Waals surface area contributed by atoms with Crippen molar-refractivity contribution in [3.63, 3.8) is 0 Å². The SMILES string of the molecule is CC1(Nc2cc(I)cc(N3CCOCC3)n2)COC1.CC[C@@H]1CCN(C(=O)Nc2ccc(C)c(-c3cc(NC4(C)COC4)nc(N4CCOCC4)c3)c2)C1.Cc1ccc(NC(=O)N2CC[C@@H](CC(F)(F)F)C2)cc1B1OC(C)(C)C(C)(C)O1.S. The first-order valence-electron chi connectivity index (χ1n) is 29.2. The summed E-state index contributed by atoms with van der Waals surface area (Å²) in [6.07, 6.45) is -2.49. The Kier molecular flexibility index (Phi) is 21.3. The summed E-state index contributed by atoms with van der Waals surface area (Å²) in [7, 11) is -0.556. The molecule has 7 aliphatic rings. The number of amides is 4. The van der Waals surface area contributed by atoms with Crippen LogP contribution in [-0.4, -0.2) is 173 Å². The Morgan fingerprint density at radius 2 is 1.12 bits per heavy atom. The fraction of sp³-hybridized carbons (Fsp3) is 0.600. The fourth-order valence-corrected chi connectivity index (χ4v) is 11.6. The number of halogens is 4. The first-order chi connectivity index (χ1) is 39.3. The molecule has 0 aliphatic carbocycles. The largest absolute Gasteiger partial charge is 0.495 e. The maximum Gasteiger partial charge on any atom is 0.495 e. The number of rotatable bonds is 12. The van der Waals surface area contributed by atoms with Gasteiger partial charge in [0.2, 0.25) is 0 Å². The number of nitrogens with one attached hydrogen (secondary N) is 4. The highest BCUT2D eigenvalue weighted by atomic mass is 127. The minimum atomic E-state index is -4.20. The van der Waals surface area contributed by atoms with Crippen molar-refractivity contribution in [3.8, 4) is 11.1 Å². The molecular formula is C60H85BF3IN10O8S. The Morgan fingerprint density at radius 3 is 1.61 bits per heavy atom. The number of anilines is 6. The van der Waals surface area contributed by atoms with Gasteiger partial charge in [-0.05, 0) is 173 Å². The van der Waals surface area contributed by atoms with Gasteiger partial charge in [0.15, 0.2) is 0 Å². The number of likely N-dealkylation sites (tertiary alicyclic amines) is 2. The number of alkyl halides is 3. The minimum absolute atomic E-state index is 0. The van der Waals surface area contributed by atoms with Gasteiger partial charge >= 0.3 is 25.4 Å². The number of urea groups is 2. The number of benzene rings is 2. The van der Waals surface area contributed by atoms with Crippen LogP contribution in [0.25, 0.3) is 11.1 Å². The molecular weight excluding hydrogens is 1220 g/mol. The number of pyridine rings is 2. The second-order valence-electron chi connectivity index (χ2n) is 24.7. The van der Waals surface area contributed by atoms with Gasteiger partial charge in [0.05, 0.1) is 75.1 Å². The van der Waals surface area contributed by atoms with Gasteiger partial charge in [-0.15, -0.1) is 0 Å². The number of carbonyl (C=O) groups is 2. The highest BCUT2D eigenvalue weighted by Gasteiger charge is 2.52. The number of hydrogen-bond donors (Lipinski definition) is 4. The minimum Gasteiger partial charge on any atom is -0.399 e. The van der Waals surface area contributed by atoms with Crippen molar-refractivity contribution >= 4 is 95.4 Å². The number of nitrogens with zero attached hydrogens (tertiary/aromatic N) is 6. The van der Waals surface area contributed by atoms with Gasteiger partial charge in [0.25, 0.3) is 0 Å². The molecule has 0 radical (unpaired) electrons. The molecule has 0 unspecified atom stereocenters. The number of aryl methyl sites for hydroxylation is 2. The summed E-state index contributed by atoms with van der Waals surface area (Å²) >= 11 is 2.34. The number of hydrogen-bond acceptors (Lipinski definition) is 14. The topological polar surface area (TPSA) is 176 Å². The van der Waals surface area contributed by atoms with Crippen molar-refractivity contribution in [1.82, 2.24) is 19.8 Å². The third kappa shape index (κ3) is 16.8. The van der Waals surface area contributed by atoms with E-state index in [1.807, 2.05) is 51.7 Å². The zero-order valence-corrected chi connectivity index (χ0v) is 53.3. The Hall–Kier alpha value is -4.83. The lowest BCUT2D eigenvalue weighted by Crippen LogP contribution is -2.53. The van der Waals surface area contributed by atoms with Crippen LogP contribution in [0.4, 0.5) is 57.4 Å². The second-order valence-corrected chi connectivity index (χ2v) is 25.9. The fourth-order valence-electron chi connectivity index (χ4n) is 11.0. The second kappa shape index (κ2) is 27.5. The summed E-state index contributed by atoms with van der Waals surface area (Å²) < 4.78 is 72.8. The summed E-state index contributed by atoms with van der Waals surface area (Å²) in [5.41, 5.74) is 5.44. The smallest absolute Gasteiger partial charge is 0.399 e. The maximum absolute atomic E-state index is 12.9. The molecule has 84 heavy (non-hydrogen) atoms. The average molecular weight is 1300 g/mol. The van der Waals surface area contributed by atoms with Crippen LogP contribution in [-0.2, 0) is 28.3 Å². The Morgan fingerprint density at radius 1 is 0.643 bits per heavy atom. The van der Waals surface area contributed by atoms with E-state index in [-0.39, 0.29) is 37.1 Å². The average Bonchev–Trinajstić information content (AvgIpc) is 2.39. The van der Waals surface area contributed by atoms with Crippen LogP contribution < -0.4 is 36.5 Å². The zero-order valence-electron chi connectivity index (χ0n) is 50.1. The Balaban J connectivity index is 0.000000170. The Labute approximate surface area is 514 Å². The maximum atomic E-state index is 12.9. The number of morpholine rings is 2. The molecule has 2 atom stereocenters. The van der Waals surface area contributed by atoms with Gasteiger partial charge in [-0.1, -0.05) is 31.0 Å². The molecule has 7 saturated heterocycles. The molecule has 24 heteroatoms. The van der Waals surface area contributed by atoms with Gasteiger partial charge in [-0.25, -0.2) is 19.6 Å². The molecule has 4 N–H and O–H groups in total. The molecule has 7 fully saturated rings. The van der Waals surface area contributed by atoms with Crippen molar-refractivity contribution in [1.29, 1.82) is 0 Å². The number of carbonyl (C=O) groups excluding carboxylic acids is 2. The molecule has 0 spiro atoms. The van der Waals surface area contributed by atoms with E-state index in [1.165, 1.54) is 8.47 Å². The highest BCUT2D eigenvalue weighted by Crippen LogP contribution is 2.38. The molecule has 7 aliphatic heterocycles. The first-order valence-corrected chi connectivity index (χ1v) is 30.2. The van der Waals surface area contributed by atoms with E-state index in [2.05, 4.69) is 118 Å². The summed E-state index contributed by atoms with van der Waals surface area (Å²) in [5, 5.41) is 13.0. The first kappa shape index (κ1) is 65.2. The normalized spacial score (nSPS) is 22.0. The van der Waals surface area contributed by atoms with Crippen LogP contribution in [0.15, 0.2) is 60.7 Å². The molecule has 2 aromatic carbocycles. The molecule has 11 rings (SSSR count). The quantitative estimate of drug-likeness (QED) is 0.0779. The van der Waals surface area contributed by atoms with Crippen molar-refractivity contribution in [2.45, 2.75) is 116 Å². The Bertz CT molecular complexity index is 2900. The van der Waals surface area contributed by atoms with E-state index in [0.29, 0.717) is 51.0 Å². The van der Waals surface area contributed by atoms with Gasteiger partial charge in [0.1, 0.15) is 23.3 Å². The predicted molar refractivity (Wildman–Crippen MR) is 339 cm³/mol. The molecule has 18 nitrogen and oxygen atoms in total.